The number of nitrogens with zero attached hydrogens (tertiary/aromatic N) is 1. The Hall–Kier alpha value is -1.38. The van der Waals surface area contributed by atoms with E-state index in [4.69, 9.17) is 5.73 Å². The van der Waals surface area contributed by atoms with E-state index in [1.54, 1.807) is 0 Å². The zero-order valence-corrected chi connectivity index (χ0v) is 12.4. The van der Waals surface area contributed by atoms with Gasteiger partial charge in [-0.15, -0.1) is 12.4 Å². The monoisotopic (exact) mass is 276 g/mol. The molecule has 0 aliphatic rings. The third-order valence-corrected chi connectivity index (χ3v) is 3.32. The summed E-state index contributed by atoms with van der Waals surface area (Å²) in [4.78, 5) is 4.49. The van der Waals surface area contributed by atoms with Gasteiger partial charge in [0.05, 0.1) is 11.7 Å². The molecule has 19 heavy (non-hydrogen) atoms. The largest absolute Gasteiger partial charge is 0.319 e. The summed E-state index contributed by atoms with van der Waals surface area (Å²) in [6.07, 6.45) is 1.93. The SMILES string of the molecule is Cc1ccccc1C(N)c1ccc(C(C)C)cn1.Cl. The average Bonchev–Trinajstić information content (AvgIpc) is 2.38. The van der Waals surface area contributed by atoms with Crippen LogP contribution in [0.25, 0.3) is 0 Å². The van der Waals surface area contributed by atoms with Crippen molar-refractivity contribution in [3.8, 4) is 0 Å². The lowest BCUT2D eigenvalue weighted by atomic mass is 9.98. The third-order valence-electron chi connectivity index (χ3n) is 3.32. The van der Waals surface area contributed by atoms with Crippen LogP contribution >= 0.6 is 12.4 Å². The van der Waals surface area contributed by atoms with Crippen molar-refractivity contribution in [1.82, 2.24) is 4.98 Å². The maximum atomic E-state index is 6.28. The number of hydrogen-bond donors (Lipinski definition) is 1. The van der Waals surface area contributed by atoms with E-state index in [1.807, 2.05) is 24.4 Å². The molecule has 0 saturated carbocycles. The first-order chi connectivity index (χ1) is 8.59. The van der Waals surface area contributed by atoms with Crippen molar-refractivity contribution in [2.45, 2.75) is 32.7 Å². The van der Waals surface area contributed by atoms with Gasteiger partial charge in [-0.05, 0) is 35.6 Å². The van der Waals surface area contributed by atoms with E-state index in [9.17, 15) is 0 Å². The summed E-state index contributed by atoms with van der Waals surface area (Å²) >= 11 is 0. The summed E-state index contributed by atoms with van der Waals surface area (Å²) in [6, 6.07) is 12.2. The molecule has 3 heteroatoms. The molecule has 1 aromatic heterocycles. The highest BCUT2D eigenvalue weighted by Gasteiger charge is 2.12. The van der Waals surface area contributed by atoms with E-state index < -0.39 is 0 Å². The van der Waals surface area contributed by atoms with Gasteiger partial charge in [-0.2, -0.15) is 0 Å². The van der Waals surface area contributed by atoms with Gasteiger partial charge in [0.1, 0.15) is 0 Å². The van der Waals surface area contributed by atoms with Crippen LogP contribution in [-0.2, 0) is 0 Å². The predicted octanol–water partition coefficient (Wildman–Crippen LogP) is 3.98. The zero-order chi connectivity index (χ0) is 13.1. The van der Waals surface area contributed by atoms with E-state index in [0.29, 0.717) is 5.92 Å². The number of pyridine rings is 1. The Balaban J connectivity index is 0.00000180. The van der Waals surface area contributed by atoms with Crippen molar-refractivity contribution < 1.29 is 0 Å². The topological polar surface area (TPSA) is 38.9 Å². The van der Waals surface area contributed by atoms with Crippen LogP contribution in [-0.4, -0.2) is 4.98 Å². The van der Waals surface area contributed by atoms with Gasteiger partial charge in [0, 0.05) is 6.20 Å². The number of benzene rings is 1. The van der Waals surface area contributed by atoms with Crippen LogP contribution in [0, 0.1) is 6.92 Å². The molecule has 1 aromatic carbocycles. The summed E-state index contributed by atoms with van der Waals surface area (Å²) in [5.74, 6) is 0.501. The van der Waals surface area contributed by atoms with Gasteiger partial charge >= 0.3 is 0 Å². The maximum absolute atomic E-state index is 6.28. The Kier molecular flexibility index (Phi) is 5.52. The highest BCUT2D eigenvalue weighted by molar-refractivity contribution is 5.85. The summed E-state index contributed by atoms with van der Waals surface area (Å²) < 4.78 is 0. The van der Waals surface area contributed by atoms with Crippen molar-refractivity contribution >= 4 is 12.4 Å². The molecule has 0 bridgehead atoms. The summed E-state index contributed by atoms with van der Waals surface area (Å²) in [6.45, 7) is 6.41. The quantitative estimate of drug-likeness (QED) is 0.921. The minimum absolute atomic E-state index is 0. The van der Waals surface area contributed by atoms with E-state index in [0.717, 1.165) is 11.3 Å². The molecule has 1 heterocycles. The Bertz CT molecular complexity index is 521. The van der Waals surface area contributed by atoms with Crippen LogP contribution in [0.2, 0.25) is 0 Å². The summed E-state index contributed by atoms with van der Waals surface area (Å²) in [7, 11) is 0. The van der Waals surface area contributed by atoms with Crippen molar-refractivity contribution in [1.29, 1.82) is 0 Å². The van der Waals surface area contributed by atoms with E-state index in [2.05, 4.69) is 44.0 Å². The first-order valence-corrected chi connectivity index (χ1v) is 6.36. The normalized spacial score (nSPS) is 12.1. The smallest absolute Gasteiger partial charge is 0.0728 e. The number of aromatic nitrogens is 1. The molecule has 1 atom stereocenters. The van der Waals surface area contributed by atoms with Crippen LogP contribution in [0.3, 0.4) is 0 Å². The van der Waals surface area contributed by atoms with Gasteiger partial charge in [0.15, 0.2) is 0 Å². The summed E-state index contributed by atoms with van der Waals surface area (Å²) in [5.41, 5.74) is 10.8. The minimum atomic E-state index is -0.146. The zero-order valence-electron chi connectivity index (χ0n) is 11.6. The van der Waals surface area contributed by atoms with Crippen LogP contribution in [0.1, 0.15) is 48.2 Å². The molecule has 0 spiro atoms. The van der Waals surface area contributed by atoms with Crippen molar-refractivity contribution in [3.05, 3.63) is 65.0 Å². The predicted molar refractivity (Wildman–Crippen MR) is 82.8 cm³/mol. The lowest BCUT2D eigenvalue weighted by Crippen LogP contribution is -2.14. The highest BCUT2D eigenvalue weighted by atomic mass is 35.5. The van der Waals surface area contributed by atoms with Crippen molar-refractivity contribution in [2.75, 3.05) is 0 Å². The Morgan fingerprint density at radius 3 is 2.26 bits per heavy atom. The molecule has 2 nitrogen and oxygen atoms in total. The molecule has 0 radical (unpaired) electrons. The van der Waals surface area contributed by atoms with Crippen LogP contribution in [0.15, 0.2) is 42.6 Å². The van der Waals surface area contributed by atoms with Crippen molar-refractivity contribution in [3.63, 3.8) is 0 Å². The fourth-order valence-corrected chi connectivity index (χ4v) is 2.04. The third kappa shape index (κ3) is 3.55. The standard InChI is InChI=1S/C16H20N2.ClH/c1-11(2)13-8-9-15(18-10-13)16(17)14-7-5-4-6-12(14)3;/h4-11,16H,17H2,1-3H3;1H. The average molecular weight is 277 g/mol. The first-order valence-electron chi connectivity index (χ1n) is 6.36. The molecule has 2 N–H and O–H groups in total. The molecule has 102 valence electrons. The van der Waals surface area contributed by atoms with E-state index in [-0.39, 0.29) is 18.4 Å². The molecule has 0 saturated heterocycles. The molecule has 0 aliphatic heterocycles. The lowest BCUT2D eigenvalue weighted by molar-refractivity contribution is 0.802. The second kappa shape index (κ2) is 6.69. The van der Waals surface area contributed by atoms with Gasteiger partial charge in [-0.3, -0.25) is 4.98 Å². The summed E-state index contributed by atoms with van der Waals surface area (Å²) in [5, 5.41) is 0. The maximum Gasteiger partial charge on any atom is 0.0728 e. The molecule has 0 amide bonds. The van der Waals surface area contributed by atoms with Gasteiger partial charge in [0.25, 0.3) is 0 Å². The van der Waals surface area contributed by atoms with E-state index in [1.165, 1.54) is 11.1 Å². The minimum Gasteiger partial charge on any atom is -0.319 e. The fourth-order valence-electron chi connectivity index (χ4n) is 2.04. The number of nitrogens with two attached hydrogens (primary N) is 1. The molecule has 0 aliphatic carbocycles. The second-order valence-corrected chi connectivity index (χ2v) is 5.01. The second-order valence-electron chi connectivity index (χ2n) is 5.01. The molecule has 2 rings (SSSR count). The van der Waals surface area contributed by atoms with Gasteiger partial charge in [-0.25, -0.2) is 0 Å². The number of hydrogen-bond acceptors (Lipinski definition) is 2. The van der Waals surface area contributed by atoms with Crippen LogP contribution in [0.5, 0.6) is 0 Å². The molecular weight excluding hydrogens is 256 g/mol. The lowest BCUT2D eigenvalue weighted by Gasteiger charge is -2.15. The van der Waals surface area contributed by atoms with Crippen LogP contribution in [0.4, 0.5) is 0 Å². The number of rotatable bonds is 3. The number of aryl methyl sites for hydroxylation is 1. The van der Waals surface area contributed by atoms with Crippen molar-refractivity contribution in [2.24, 2.45) is 5.73 Å². The molecular formula is C16H21ClN2. The van der Waals surface area contributed by atoms with E-state index >= 15 is 0 Å². The van der Waals surface area contributed by atoms with Gasteiger partial charge in [-0.1, -0.05) is 44.2 Å². The molecule has 2 aromatic rings. The number of halogens is 1. The Morgan fingerprint density at radius 1 is 1.05 bits per heavy atom. The first kappa shape index (κ1) is 15.7. The fraction of sp³-hybridized carbons (Fsp3) is 0.312. The van der Waals surface area contributed by atoms with Gasteiger partial charge in [0.2, 0.25) is 0 Å². The Morgan fingerprint density at radius 2 is 1.74 bits per heavy atom. The highest BCUT2D eigenvalue weighted by Crippen LogP contribution is 2.22. The molecule has 0 fully saturated rings. The van der Waals surface area contributed by atoms with Crippen LogP contribution < -0.4 is 5.73 Å². The molecule has 1 unspecified atom stereocenters. The van der Waals surface area contributed by atoms with Gasteiger partial charge < -0.3 is 5.73 Å². The Labute approximate surface area is 121 Å².